The summed E-state index contributed by atoms with van der Waals surface area (Å²) in [6.07, 6.45) is 1.67. The van der Waals surface area contributed by atoms with Gasteiger partial charge in [0.05, 0.1) is 33.6 Å². The van der Waals surface area contributed by atoms with Crippen molar-refractivity contribution < 1.29 is 23.4 Å². The van der Waals surface area contributed by atoms with E-state index in [1.165, 1.54) is 5.69 Å². The van der Waals surface area contributed by atoms with E-state index in [1.807, 2.05) is 24.3 Å². The van der Waals surface area contributed by atoms with Crippen LogP contribution in [0.2, 0.25) is 0 Å². The third-order valence-electron chi connectivity index (χ3n) is 6.17. The van der Waals surface area contributed by atoms with Crippen molar-refractivity contribution in [2.75, 3.05) is 59.0 Å². The SMILES string of the molecule is COc1ccc(N2CCN([C@H](CNC(=O)c3ccc(OC)c(OC)c3)c3ccco3)CC2)cc1. The molecule has 0 radical (unpaired) electrons. The molecule has 0 bridgehead atoms. The summed E-state index contributed by atoms with van der Waals surface area (Å²) >= 11 is 0. The van der Waals surface area contributed by atoms with Crippen molar-refractivity contribution in [3.05, 3.63) is 72.2 Å². The summed E-state index contributed by atoms with van der Waals surface area (Å²) < 4.78 is 21.6. The number of amides is 1. The Morgan fingerprint density at radius 2 is 1.68 bits per heavy atom. The maximum absolute atomic E-state index is 12.9. The second-order valence-electron chi connectivity index (χ2n) is 8.03. The second kappa shape index (κ2) is 11.0. The number of hydrogen-bond donors (Lipinski definition) is 1. The third-order valence-corrected chi connectivity index (χ3v) is 6.17. The standard InChI is InChI=1S/C26H31N3O5/c1-31-21-9-7-20(8-10-21)28-12-14-29(15-13-28)22(23-5-4-16-34-23)18-27-26(30)19-6-11-24(32-2)25(17-19)33-3/h4-11,16-17,22H,12-15,18H2,1-3H3,(H,27,30)/t22-/m1/s1. The molecule has 1 N–H and O–H groups in total. The van der Waals surface area contributed by atoms with Crippen LogP contribution in [0.15, 0.2) is 65.3 Å². The van der Waals surface area contributed by atoms with Crippen molar-refractivity contribution in [3.8, 4) is 17.2 Å². The molecule has 1 aliphatic heterocycles. The molecule has 0 saturated carbocycles. The molecule has 1 saturated heterocycles. The lowest BCUT2D eigenvalue weighted by Crippen LogP contribution is -2.49. The molecule has 0 aliphatic carbocycles. The first-order valence-corrected chi connectivity index (χ1v) is 11.3. The Morgan fingerprint density at radius 1 is 0.941 bits per heavy atom. The molecule has 34 heavy (non-hydrogen) atoms. The van der Waals surface area contributed by atoms with Crippen molar-refractivity contribution in [1.29, 1.82) is 0 Å². The van der Waals surface area contributed by atoms with Crippen LogP contribution in [0.4, 0.5) is 5.69 Å². The van der Waals surface area contributed by atoms with Crippen LogP contribution in [-0.4, -0.2) is 64.9 Å². The van der Waals surface area contributed by atoms with Gasteiger partial charge in [0.2, 0.25) is 0 Å². The molecule has 1 aliphatic rings. The van der Waals surface area contributed by atoms with E-state index >= 15 is 0 Å². The summed E-state index contributed by atoms with van der Waals surface area (Å²) in [6, 6.07) is 17.1. The molecular weight excluding hydrogens is 434 g/mol. The maximum atomic E-state index is 12.9. The van der Waals surface area contributed by atoms with Gasteiger partial charge in [-0.1, -0.05) is 0 Å². The lowest BCUT2D eigenvalue weighted by Gasteiger charge is -2.39. The Morgan fingerprint density at radius 3 is 2.29 bits per heavy atom. The Kier molecular flexibility index (Phi) is 7.59. The quantitative estimate of drug-likeness (QED) is 0.517. The smallest absolute Gasteiger partial charge is 0.251 e. The van der Waals surface area contributed by atoms with Crippen LogP contribution in [0.5, 0.6) is 17.2 Å². The normalized spacial score (nSPS) is 15.0. The minimum absolute atomic E-state index is 0.0582. The van der Waals surface area contributed by atoms with Crippen molar-refractivity contribution >= 4 is 11.6 Å². The zero-order chi connectivity index (χ0) is 23.9. The van der Waals surface area contributed by atoms with Crippen molar-refractivity contribution in [3.63, 3.8) is 0 Å². The summed E-state index contributed by atoms with van der Waals surface area (Å²) in [7, 11) is 4.80. The number of benzene rings is 2. The van der Waals surface area contributed by atoms with Crippen LogP contribution >= 0.6 is 0 Å². The largest absolute Gasteiger partial charge is 0.497 e. The van der Waals surface area contributed by atoms with Gasteiger partial charge in [-0.05, 0) is 54.6 Å². The van der Waals surface area contributed by atoms with Crippen LogP contribution in [0.25, 0.3) is 0 Å². The molecular formula is C26H31N3O5. The van der Waals surface area contributed by atoms with E-state index in [9.17, 15) is 4.79 Å². The molecule has 180 valence electrons. The Labute approximate surface area is 200 Å². The molecule has 3 aromatic rings. The number of carbonyl (C=O) groups excluding carboxylic acids is 1. The maximum Gasteiger partial charge on any atom is 0.251 e. The van der Waals surface area contributed by atoms with Gasteiger partial charge in [0.1, 0.15) is 11.5 Å². The Balaban J connectivity index is 1.40. The highest BCUT2D eigenvalue weighted by Gasteiger charge is 2.27. The van der Waals surface area contributed by atoms with E-state index in [0.29, 0.717) is 23.6 Å². The fourth-order valence-corrected chi connectivity index (χ4v) is 4.24. The topological polar surface area (TPSA) is 76.4 Å². The number of rotatable bonds is 9. The highest BCUT2D eigenvalue weighted by molar-refractivity contribution is 5.94. The monoisotopic (exact) mass is 465 g/mol. The van der Waals surface area contributed by atoms with Gasteiger partial charge in [-0.3, -0.25) is 9.69 Å². The average molecular weight is 466 g/mol. The van der Waals surface area contributed by atoms with E-state index in [1.54, 1.807) is 45.8 Å². The highest BCUT2D eigenvalue weighted by atomic mass is 16.5. The van der Waals surface area contributed by atoms with E-state index in [0.717, 1.165) is 37.7 Å². The molecule has 8 heteroatoms. The summed E-state index contributed by atoms with van der Waals surface area (Å²) in [5.41, 5.74) is 1.69. The Bertz CT molecular complexity index is 1060. The lowest BCUT2D eigenvalue weighted by molar-refractivity contribution is 0.0922. The number of nitrogens with one attached hydrogen (secondary N) is 1. The van der Waals surface area contributed by atoms with Crippen LogP contribution < -0.4 is 24.4 Å². The molecule has 1 aromatic heterocycles. The van der Waals surface area contributed by atoms with Gasteiger partial charge in [0.25, 0.3) is 5.91 Å². The van der Waals surface area contributed by atoms with Crippen LogP contribution in [0, 0.1) is 0 Å². The predicted octanol–water partition coefficient (Wildman–Crippen LogP) is 3.60. The zero-order valence-electron chi connectivity index (χ0n) is 19.8. The van der Waals surface area contributed by atoms with E-state index in [2.05, 4.69) is 27.2 Å². The number of furan rings is 1. The Hall–Kier alpha value is -3.65. The van der Waals surface area contributed by atoms with Crippen molar-refractivity contribution in [2.24, 2.45) is 0 Å². The molecule has 2 aromatic carbocycles. The van der Waals surface area contributed by atoms with Crippen LogP contribution in [0.3, 0.4) is 0 Å². The number of hydrogen-bond acceptors (Lipinski definition) is 7. The van der Waals surface area contributed by atoms with E-state index < -0.39 is 0 Å². The van der Waals surface area contributed by atoms with Gasteiger partial charge in [-0.2, -0.15) is 0 Å². The number of ether oxygens (including phenoxy) is 3. The molecule has 1 atom stereocenters. The van der Waals surface area contributed by atoms with Gasteiger partial charge in [0, 0.05) is 44.0 Å². The summed E-state index contributed by atoms with van der Waals surface area (Å²) in [5, 5.41) is 3.06. The van der Waals surface area contributed by atoms with Gasteiger partial charge >= 0.3 is 0 Å². The molecule has 1 amide bonds. The number of anilines is 1. The number of piperazine rings is 1. The number of nitrogens with zero attached hydrogens (tertiary/aromatic N) is 2. The average Bonchev–Trinajstić information content (AvgIpc) is 3.43. The highest BCUT2D eigenvalue weighted by Crippen LogP contribution is 2.28. The molecule has 8 nitrogen and oxygen atoms in total. The van der Waals surface area contributed by atoms with Crippen molar-refractivity contribution in [1.82, 2.24) is 10.2 Å². The lowest BCUT2D eigenvalue weighted by atomic mass is 10.1. The minimum Gasteiger partial charge on any atom is -0.497 e. The summed E-state index contributed by atoms with van der Waals surface area (Å²) in [6.45, 7) is 3.90. The minimum atomic E-state index is -0.172. The van der Waals surface area contributed by atoms with Crippen LogP contribution in [-0.2, 0) is 0 Å². The van der Waals surface area contributed by atoms with Gasteiger partial charge in [-0.25, -0.2) is 0 Å². The van der Waals surface area contributed by atoms with Gasteiger partial charge in [-0.15, -0.1) is 0 Å². The van der Waals surface area contributed by atoms with E-state index in [4.69, 9.17) is 18.6 Å². The third kappa shape index (κ3) is 5.28. The second-order valence-corrected chi connectivity index (χ2v) is 8.03. The summed E-state index contributed by atoms with van der Waals surface area (Å²) in [4.78, 5) is 17.6. The van der Waals surface area contributed by atoms with Crippen molar-refractivity contribution in [2.45, 2.75) is 6.04 Å². The number of carbonyl (C=O) groups is 1. The first kappa shape index (κ1) is 23.5. The fourth-order valence-electron chi connectivity index (χ4n) is 4.24. The van der Waals surface area contributed by atoms with E-state index in [-0.39, 0.29) is 11.9 Å². The zero-order valence-corrected chi connectivity index (χ0v) is 19.8. The predicted molar refractivity (Wildman–Crippen MR) is 130 cm³/mol. The molecule has 4 rings (SSSR count). The summed E-state index contributed by atoms with van der Waals surface area (Å²) in [5.74, 6) is 2.63. The molecule has 2 heterocycles. The first-order valence-electron chi connectivity index (χ1n) is 11.3. The van der Waals surface area contributed by atoms with Gasteiger partial charge < -0.3 is 28.8 Å². The molecule has 1 fully saturated rings. The van der Waals surface area contributed by atoms with Gasteiger partial charge in [0.15, 0.2) is 11.5 Å². The first-order chi connectivity index (χ1) is 16.6. The fraction of sp³-hybridized carbons (Fsp3) is 0.346. The molecule has 0 unspecified atom stereocenters. The van der Waals surface area contributed by atoms with Crippen LogP contribution in [0.1, 0.15) is 22.2 Å². The molecule has 0 spiro atoms. The number of methoxy groups -OCH3 is 3.